The molecule has 26 heavy (non-hydrogen) atoms. The molecule has 0 aliphatic carbocycles. The number of aromatic nitrogens is 1. The van der Waals surface area contributed by atoms with Crippen LogP contribution in [0.1, 0.15) is 24.5 Å². The average molecular weight is 350 g/mol. The average Bonchev–Trinajstić information content (AvgIpc) is 2.72. The van der Waals surface area contributed by atoms with Gasteiger partial charge in [0.05, 0.1) is 13.7 Å². The number of nitrogens with zero attached hydrogens (tertiary/aromatic N) is 3. The van der Waals surface area contributed by atoms with Crippen LogP contribution in [0.15, 0.2) is 59.7 Å². The normalized spacial score (nSPS) is 14.8. The summed E-state index contributed by atoms with van der Waals surface area (Å²) in [6, 6.07) is 14.5. The van der Waals surface area contributed by atoms with Gasteiger partial charge in [-0.25, -0.2) is 9.98 Å². The molecule has 0 radical (unpaired) electrons. The molecular weight excluding hydrogens is 324 g/mol. The summed E-state index contributed by atoms with van der Waals surface area (Å²) in [6.45, 7) is 5.39. The Morgan fingerprint density at radius 3 is 2.81 bits per heavy atom. The van der Waals surface area contributed by atoms with Gasteiger partial charge < -0.3 is 15.0 Å². The molecule has 0 atom stereocenters. The maximum absolute atomic E-state index is 5.19. The fraction of sp³-hybridized carbons (Fsp3) is 0.333. The van der Waals surface area contributed by atoms with Crippen molar-refractivity contribution in [2.24, 2.45) is 4.99 Å². The van der Waals surface area contributed by atoms with Crippen LogP contribution in [0.5, 0.6) is 5.88 Å². The zero-order chi connectivity index (χ0) is 18.2. The first kappa shape index (κ1) is 18.0. The number of hydrogen-bond donors (Lipinski definition) is 1. The van der Waals surface area contributed by atoms with Crippen molar-refractivity contribution in [1.82, 2.24) is 15.2 Å². The molecule has 1 aromatic carbocycles. The van der Waals surface area contributed by atoms with E-state index < -0.39 is 0 Å². The summed E-state index contributed by atoms with van der Waals surface area (Å²) in [5, 5.41) is 3.41. The van der Waals surface area contributed by atoms with E-state index in [1.54, 1.807) is 13.3 Å². The van der Waals surface area contributed by atoms with Crippen LogP contribution in [0.3, 0.4) is 0 Å². The molecular formula is C21H26N4O. The SMILES string of the molecule is CCNC(=NCc1ccnc(OC)c1)N1CC=C(c2ccccc2)CC1. The van der Waals surface area contributed by atoms with Gasteiger partial charge in [-0.1, -0.05) is 36.4 Å². The Labute approximate surface area is 155 Å². The molecule has 1 aliphatic rings. The van der Waals surface area contributed by atoms with Gasteiger partial charge in [-0.2, -0.15) is 0 Å². The van der Waals surface area contributed by atoms with Gasteiger partial charge in [0.1, 0.15) is 0 Å². The molecule has 5 heteroatoms. The summed E-state index contributed by atoms with van der Waals surface area (Å²) in [5.41, 5.74) is 3.82. The number of ether oxygens (including phenoxy) is 1. The minimum atomic E-state index is 0.604. The molecule has 1 aliphatic heterocycles. The van der Waals surface area contributed by atoms with Gasteiger partial charge in [-0.05, 0) is 36.1 Å². The number of guanidine groups is 1. The standard InChI is InChI=1S/C21H26N4O/c1-3-22-21(24-16-17-9-12-23-20(15-17)26-2)25-13-10-19(11-14-25)18-7-5-4-6-8-18/h4-10,12,15H,3,11,13-14,16H2,1-2H3,(H,22,24). The van der Waals surface area contributed by atoms with Gasteiger partial charge in [-0.3, -0.25) is 0 Å². The van der Waals surface area contributed by atoms with E-state index in [2.05, 4.69) is 58.5 Å². The van der Waals surface area contributed by atoms with E-state index in [1.165, 1.54) is 11.1 Å². The summed E-state index contributed by atoms with van der Waals surface area (Å²) in [4.78, 5) is 11.2. The minimum absolute atomic E-state index is 0.604. The molecule has 5 nitrogen and oxygen atoms in total. The Morgan fingerprint density at radius 2 is 2.12 bits per heavy atom. The second-order valence-corrected chi connectivity index (χ2v) is 6.17. The highest BCUT2D eigenvalue weighted by molar-refractivity contribution is 5.81. The van der Waals surface area contributed by atoms with E-state index in [0.717, 1.165) is 37.6 Å². The summed E-state index contributed by atoms with van der Waals surface area (Å²) in [5.74, 6) is 1.57. The quantitative estimate of drug-likeness (QED) is 0.664. The maximum atomic E-state index is 5.19. The summed E-state index contributed by atoms with van der Waals surface area (Å²) >= 11 is 0. The lowest BCUT2D eigenvalue weighted by Gasteiger charge is -2.30. The smallest absolute Gasteiger partial charge is 0.213 e. The molecule has 2 heterocycles. The van der Waals surface area contributed by atoms with Crippen molar-refractivity contribution in [3.63, 3.8) is 0 Å². The van der Waals surface area contributed by atoms with Crippen LogP contribution in [-0.2, 0) is 6.54 Å². The van der Waals surface area contributed by atoms with Crippen LogP contribution in [0.2, 0.25) is 0 Å². The molecule has 0 saturated carbocycles. The molecule has 1 N–H and O–H groups in total. The summed E-state index contributed by atoms with van der Waals surface area (Å²) in [7, 11) is 1.63. The van der Waals surface area contributed by atoms with Crippen molar-refractivity contribution in [2.45, 2.75) is 19.9 Å². The zero-order valence-corrected chi connectivity index (χ0v) is 15.5. The number of benzene rings is 1. The lowest BCUT2D eigenvalue weighted by Crippen LogP contribution is -2.43. The molecule has 0 amide bonds. The zero-order valence-electron chi connectivity index (χ0n) is 15.5. The van der Waals surface area contributed by atoms with Gasteiger partial charge in [0.15, 0.2) is 5.96 Å². The molecule has 0 saturated heterocycles. The Hall–Kier alpha value is -2.82. The van der Waals surface area contributed by atoms with Gasteiger partial charge >= 0.3 is 0 Å². The van der Waals surface area contributed by atoms with Crippen LogP contribution in [0.4, 0.5) is 0 Å². The highest BCUT2D eigenvalue weighted by atomic mass is 16.5. The third-order valence-electron chi connectivity index (χ3n) is 4.41. The third-order valence-corrected chi connectivity index (χ3v) is 4.41. The van der Waals surface area contributed by atoms with E-state index in [9.17, 15) is 0 Å². The molecule has 3 rings (SSSR count). The number of nitrogens with one attached hydrogen (secondary N) is 1. The van der Waals surface area contributed by atoms with Crippen LogP contribution in [0, 0.1) is 0 Å². The summed E-state index contributed by atoms with van der Waals surface area (Å²) in [6.07, 6.45) is 5.09. The van der Waals surface area contributed by atoms with E-state index in [4.69, 9.17) is 9.73 Å². The fourth-order valence-electron chi connectivity index (χ4n) is 3.03. The highest BCUT2D eigenvalue weighted by Crippen LogP contribution is 2.22. The lowest BCUT2D eigenvalue weighted by molar-refractivity contribution is 0.397. The van der Waals surface area contributed by atoms with Crippen molar-refractivity contribution in [2.75, 3.05) is 26.7 Å². The molecule has 0 fully saturated rings. The molecule has 0 unspecified atom stereocenters. The Kier molecular flexibility index (Phi) is 6.25. The van der Waals surface area contributed by atoms with Crippen molar-refractivity contribution in [3.8, 4) is 5.88 Å². The monoisotopic (exact) mass is 350 g/mol. The first-order chi connectivity index (χ1) is 12.8. The van der Waals surface area contributed by atoms with Gasteiger partial charge in [-0.15, -0.1) is 0 Å². The minimum Gasteiger partial charge on any atom is -0.481 e. The Balaban J connectivity index is 1.69. The van der Waals surface area contributed by atoms with Gasteiger partial charge in [0.2, 0.25) is 5.88 Å². The van der Waals surface area contributed by atoms with Crippen LogP contribution in [-0.4, -0.2) is 42.6 Å². The molecule has 0 spiro atoms. The van der Waals surface area contributed by atoms with Crippen molar-refractivity contribution < 1.29 is 4.74 Å². The first-order valence-corrected chi connectivity index (χ1v) is 9.06. The van der Waals surface area contributed by atoms with E-state index >= 15 is 0 Å². The van der Waals surface area contributed by atoms with E-state index in [-0.39, 0.29) is 0 Å². The molecule has 0 bridgehead atoms. The second-order valence-electron chi connectivity index (χ2n) is 6.17. The fourth-order valence-corrected chi connectivity index (χ4v) is 3.03. The first-order valence-electron chi connectivity index (χ1n) is 9.06. The Bertz CT molecular complexity index is 771. The van der Waals surface area contributed by atoms with E-state index in [0.29, 0.717) is 12.4 Å². The van der Waals surface area contributed by atoms with Crippen molar-refractivity contribution in [3.05, 3.63) is 65.9 Å². The highest BCUT2D eigenvalue weighted by Gasteiger charge is 2.16. The van der Waals surface area contributed by atoms with E-state index in [1.807, 2.05) is 12.1 Å². The topological polar surface area (TPSA) is 49.8 Å². The number of hydrogen-bond acceptors (Lipinski definition) is 3. The van der Waals surface area contributed by atoms with Gasteiger partial charge in [0, 0.05) is 31.9 Å². The Morgan fingerprint density at radius 1 is 1.27 bits per heavy atom. The number of methoxy groups -OCH3 is 1. The molecule has 1 aromatic heterocycles. The summed E-state index contributed by atoms with van der Waals surface area (Å²) < 4.78 is 5.19. The van der Waals surface area contributed by atoms with Crippen molar-refractivity contribution >= 4 is 11.5 Å². The number of pyridine rings is 1. The van der Waals surface area contributed by atoms with Crippen LogP contribution < -0.4 is 10.1 Å². The predicted octanol–water partition coefficient (Wildman–Crippen LogP) is 3.35. The maximum Gasteiger partial charge on any atom is 0.213 e. The molecule has 2 aromatic rings. The lowest BCUT2D eigenvalue weighted by atomic mass is 10.00. The number of aliphatic imine (C=N–C) groups is 1. The van der Waals surface area contributed by atoms with Crippen LogP contribution in [0.25, 0.3) is 5.57 Å². The third kappa shape index (κ3) is 4.63. The predicted molar refractivity (Wildman–Crippen MR) is 106 cm³/mol. The molecule has 136 valence electrons. The second kappa shape index (κ2) is 9.04. The van der Waals surface area contributed by atoms with Crippen molar-refractivity contribution in [1.29, 1.82) is 0 Å². The van der Waals surface area contributed by atoms with Gasteiger partial charge in [0.25, 0.3) is 0 Å². The van der Waals surface area contributed by atoms with Crippen LogP contribution >= 0.6 is 0 Å². The largest absolute Gasteiger partial charge is 0.481 e. The number of rotatable bonds is 5.